The van der Waals surface area contributed by atoms with Crippen LogP contribution >= 0.6 is 0 Å². The zero-order valence-corrected chi connectivity index (χ0v) is 16.0. The number of carbonyl (C=O) groups is 2. The molecule has 148 valence electrons. The van der Waals surface area contributed by atoms with Crippen molar-refractivity contribution < 1.29 is 14.7 Å². The van der Waals surface area contributed by atoms with Crippen LogP contribution in [0.25, 0.3) is 0 Å². The molecule has 1 unspecified atom stereocenters. The lowest BCUT2D eigenvalue weighted by atomic mass is 10.1. The van der Waals surface area contributed by atoms with Crippen molar-refractivity contribution in [2.24, 2.45) is 0 Å². The van der Waals surface area contributed by atoms with E-state index in [9.17, 15) is 9.59 Å². The highest BCUT2D eigenvalue weighted by Gasteiger charge is 2.33. The number of carboxylic acid groups (broad SMARTS) is 1. The van der Waals surface area contributed by atoms with Crippen LogP contribution in [0.2, 0.25) is 0 Å². The summed E-state index contributed by atoms with van der Waals surface area (Å²) in [6, 6.07) is 6.24. The number of aromatic carboxylic acids is 1. The molecule has 8 heteroatoms. The van der Waals surface area contributed by atoms with E-state index in [2.05, 4.69) is 20.1 Å². The van der Waals surface area contributed by atoms with Crippen LogP contribution in [0.4, 0.5) is 4.79 Å². The number of carbonyl (C=O) groups excluding carboxylic acids is 1. The molecule has 0 saturated heterocycles. The highest BCUT2D eigenvalue weighted by molar-refractivity contribution is 5.87. The fourth-order valence-corrected chi connectivity index (χ4v) is 4.21. The highest BCUT2D eigenvalue weighted by atomic mass is 16.4. The highest BCUT2D eigenvalue weighted by Crippen LogP contribution is 2.35. The quantitative estimate of drug-likeness (QED) is 0.845. The first-order valence-corrected chi connectivity index (χ1v) is 9.84. The molecule has 2 aliphatic rings. The van der Waals surface area contributed by atoms with E-state index in [0.29, 0.717) is 19.0 Å². The van der Waals surface area contributed by atoms with E-state index in [0.717, 1.165) is 23.8 Å². The number of nitrogens with zero attached hydrogens (tertiary/aromatic N) is 4. The van der Waals surface area contributed by atoms with E-state index in [-0.39, 0.29) is 17.6 Å². The second-order valence-electron chi connectivity index (χ2n) is 7.58. The van der Waals surface area contributed by atoms with Gasteiger partial charge in [-0.15, -0.1) is 10.2 Å². The fourth-order valence-electron chi connectivity index (χ4n) is 4.21. The maximum absolute atomic E-state index is 12.7. The summed E-state index contributed by atoms with van der Waals surface area (Å²) in [6.07, 6.45) is 4.86. The van der Waals surface area contributed by atoms with Gasteiger partial charge < -0.3 is 19.9 Å². The van der Waals surface area contributed by atoms with Gasteiger partial charge in [0.2, 0.25) is 0 Å². The van der Waals surface area contributed by atoms with Crippen molar-refractivity contribution in [1.29, 1.82) is 0 Å². The van der Waals surface area contributed by atoms with Gasteiger partial charge in [-0.05, 0) is 37.5 Å². The molecule has 1 fully saturated rings. The van der Waals surface area contributed by atoms with Gasteiger partial charge in [0.1, 0.15) is 5.82 Å². The molecule has 1 aromatic carbocycles. The van der Waals surface area contributed by atoms with Gasteiger partial charge in [0.15, 0.2) is 5.82 Å². The molecule has 0 radical (unpaired) electrons. The molecule has 1 atom stereocenters. The molecule has 2 aromatic rings. The zero-order chi connectivity index (χ0) is 19.7. The average molecular weight is 383 g/mol. The van der Waals surface area contributed by atoms with Crippen LogP contribution in [-0.4, -0.2) is 43.3 Å². The minimum Gasteiger partial charge on any atom is -0.478 e. The topological polar surface area (TPSA) is 100 Å². The van der Waals surface area contributed by atoms with Crippen molar-refractivity contribution in [1.82, 2.24) is 25.0 Å². The molecule has 1 aromatic heterocycles. The van der Waals surface area contributed by atoms with Gasteiger partial charge in [-0.1, -0.05) is 25.0 Å². The van der Waals surface area contributed by atoms with Crippen molar-refractivity contribution in [3.8, 4) is 0 Å². The summed E-state index contributed by atoms with van der Waals surface area (Å²) in [5, 5.41) is 20.7. The molecule has 1 aliphatic heterocycles. The zero-order valence-electron chi connectivity index (χ0n) is 16.0. The minimum absolute atomic E-state index is 0.134. The van der Waals surface area contributed by atoms with Gasteiger partial charge in [-0.2, -0.15) is 0 Å². The molecule has 0 spiro atoms. The minimum atomic E-state index is -0.959. The first-order valence-electron chi connectivity index (χ1n) is 9.84. The van der Waals surface area contributed by atoms with Gasteiger partial charge in [-0.3, -0.25) is 0 Å². The Kier molecular flexibility index (Phi) is 5.02. The monoisotopic (exact) mass is 383 g/mol. The summed E-state index contributed by atoms with van der Waals surface area (Å²) < 4.78 is 2.20. The van der Waals surface area contributed by atoms with E-state index in [1.54, 1.807) is 29.2 Å². The SMILES string of the molecule is CC1c2nnc(C3CCCC3)n2CCN1C(=O)NCc1ccc(C(=O)O)cc1. The Morgan fingerprint density at radius 2 is 1.79 bits per heavy atom. The van der Waals surface area contributed by atoms with Crippen molar-refractivity contribution in [3.05, 3.63) is 47.0 Å². The third kappa shape index (κ3) is 3.46. The molecule has 0 bridgehead atoms. The van der Waals surface area contributed by atoms with E-state index >= 15 is 0 Å². The van der Waals surface area contributed by atoms with Gasteiger partial charge in [-0.25, -0.2) is 9.59 Å². The second kappa shape index (κ2) is 7.61. The molecule has 2 N–H and O–H groups in total. The smallest absolute Gasteiger partial charge is 0.335 e. The van der Waals surface area contributed by atoms with Crippen LogP contribution in [0, 0.1) is 0 Å². The number of benzene rings is 1. The van der Waals surface area contributed by atoms with Gasteiger partial charge >= 0.3 is 12.0 Å². The first-order chi connectivity index (χ1) is 13.5. The summed E-state index contributed by atoms with van der Waals surface area (Å²) in [5.74, 6) is 1.48. The lowest BCUT2D eigenvalue weighted by Gasteiger charge is -2.34. The number of nitrogens with one attached hydrogen (secondary N) is 1. The molecule has 2 amide bonds. The van der Waals surface area contributed by atoms with Gasteiger partial charge in [0, 0.05) is 25.6 Å². The molecule has 8 nitrogen and oxygen atoms in total. The number of urea groups is 1. The Hall–Kier alpha value is -2.90. The van der Waals surface area contributed by atoms with Crippen molar-refractivity contribution in [3.63, 3.8) is 0 Å². The Labute approximate surface area is 163 Å². The maximum Gasteiger partial charge on any atom is 0.335 e. The average Bonchev–Trinajstić information content (AvgIpc) is 3.36. The van der Waals surface area contributed by atoms with Crippen LogP contribution < -0.4 is 5.32 Å². The Bertz CT molecular complexity index is 870. The van der Waals surface area contributed by atoms with Gasteiger partial charge in [0.05, 0.1) is 11.6 Å². The van der Waals surface area contributed by atoms with Crippen molar-refractivity contribution in [2.45, 2.75) is 57.7 Å². The number of aromatic nitrogens is 3. The summed E-state index contributed by atoms with van der Waals surface area (Å²) in [4.78, 5) is 25.4. The van der Waals surface area contributed by atoms with Crippen LogP contribution in [0.1, 0.15) is 72.1 Å². The predicted octanol–water partition coefficient (Wildman–Crippen LogP) is 2.92. The molecule has 2 heterocycles. The van der Waals surface area contributed by atoms with Gasteiger partial charge in [0.25, 0.3) is 0 Å². The van der Waals surface area contributed by atoms with E-state index in [4.69, 9.17) is 5.11 Å². The summed E-state index contributed by atoms with van der Waals surface area (Å²) in [7, 11) is 0. The summed E-state index contributed by atoms with van der Waals surface area (Å²) in [6.45, 7) is 3.68. The number of hydrogen-bond acceptors (Lipinski definition) is 4. The Morgan fingerprint density at radius 1 is 1.11 bits per heavy atom. The summed E-state index contributed by atoms with van der Waals surface area (Å²) >= 11 is 0. The Balaban J connectivity index is 1.40. The molecular weight excluding hydrogens is 358 g/mol. The first kappa shape index (κ1) is 18.5. The standard InChI is InChI=1S/C20H25N5O3/c1-13-17-22-23-18(15-4-2-3-5-15)25(17)11-10-24(13)20(28)21-12-14-6-8-16(9-7-14)19(26)27/h6-9,13,15H,2-5,10-12H2,1H3,(H,21,28)(H,26,27). The van der Waals surface area contributed by atoms with E-state index < -0.39 is 5.97 Å². The molecule has 1 aliphatic carbocycles. The number of hydrogen-bond donors (Lipinski definition) is 2. The normalized spacial score (nSPS) is 19.5. The number of carboxylic acids is 1. The van der Waals surface area contributed by atoms with Crippen molar-refractivity contribution >= 4 is 12.0 Å². The molecular formula is C20H25N5O3. The molecule has 1 saturated carbocycles. The Morgan fingerprint density at radius 3 is 2.46 bits per heavy atom. The van der Waals surface area contributed by atoms with Crippen LogP contribution in [0.15, 0.2) is 24.3 Å². The summed E-state index contributed by atoms with van der Waals surface area (Å²) in [5.41, 5.74) is 1.09. The number of rotatable bonds is 4. The number of fused-ring (bicyclic) bond motifs is 1. The third-order valence-electron chi connectivity index (χ3n) is 5.84. The van der Waals surface area contributed by atoms with Crippen LogP contribution in [0.5, 0.6) is 0 Å². The van der Waals surface area contributed by atoms with Crippen LogP contribution in [-0.2, 0) is 13.1 Å². The van der Waals surface area contributed by atoms with Crippen LogP contribution in [0.3, 0.4) is 0 Å². The second-order valence-corrected chi connectivity index (χ2v) is 7.58. The van der Waals surface area contributed by atoms with Crippen molar-refractivity contribution in [2.75, 3.05) is 6.54 Å². The lowest BCUT2D eigenvalue weighted by molar-refractivity contribution is 0.0697. The molecule has 4 rings (SSSR count). The largest absolute Gasteiger partial charge is 0.478 e. The lowest BCUT2D eigenvalue weighted by Crippen LogP contribution is -2.46. The maximum atomic E-state index is 12.7. The molecule has 28 heavy (non-hydrogen) atoms. The predicted molar refractivity (Wildman–Crippen MR) is 102 cm³/mol. The third-order valence-corrected chi connectivity index (χ3v) is 5.84. The van der Waals surface area contributed by atoms with E-state index in [1.807, 2.05) is 6.92 Å². The van der Waals surface area contributed by atoms with E-state index in [1.165, 1.54) is 25.7 Å². The number of amides is 2. The fraction of sp³-hybridized carbons (Fsp3) is 0.500.